The van der Waals surface area contributed by atoms with Gasteiger partial charge in [-0.05, 0) is 38.6 Å². The fourth-order valence-corrected chi connectivity index (χ4v) is 3.68. The molecule has 0 aliphatic carbocycles. The molecule has 2 aromatic rings. The molecule has 98 valence electrons. The Morgan fingerprint density at radius 1 is 1.21 bits per heavy atom. The van der Waals surface area contributed by atoms with Crippen molar-refractivity contribution in [2.75, 3.05) is 13.6 Å². The lowest BCUT2D eigenvalue weighted by Crippen LogP contribution is -2.39. The average molecular weight is 255 g/mol. The van der Waals surface area contributed by atoms with Crippen molar-refractivity contribution in [1.29, 1.82) is 0 Å². The molecule has 4 nitrogen and oxygen atoms in total. The Morgan fingerprint density at radius 2 is 2.05 bits per heavy atom. The van der Waals surface area contributed by atoms with E-state index in [4.69, 9.17) is 4.98 Å². The first-order chi connectivity index (χ1) is 9.25. The molecule has 2 aliphatic heterocycles. The number of para-hydroxylation sites is 1. The van der Waals surface area contributed by atoms with Crippen LogP contribution >= 0.6 is 0 Å². The van der Waals surface area contributed by atoms with Crippen LogP contribution in [0.5, 0.6) is 0 Å². The van der Waals surface area contributed by atoms with Crippen molar-refractivity contribution in [1.82, 2.24) is 14.5 Å². The maximum Gasteiger partial charge on any atom is 0.261 e. The van der Waals surface area contributed by atoms with Crippen molar-refractivity contribution in [3.63, 3.8) is 0 Å². The second-order valence-corrected chi connectivity index (χ2v) is 5.68. The van der Waals surface area contributed by atoms with E-state index in [1.165, 1.54) is 0 Å². The highest BCUT2D eigenvalue weighted by molar-refractivity contribution is 5.77. The van der Waals surface area contributed by atoms with E-state index in [9.17, 15) is 4.79 Å². The minimum Gasteiger partial charge on any atom is -0.303 e. The van der Waals surface area contributed by atoms with Crippen LogP contribution in [0.2, 0.25) is 0 Å². The Hall–Kier alpha value is -1.68. The van der Waals surface area contributed by atoms with Gasteiger partial charge in [0.05, 0.1) is 10.9 Å². The fourth-order valence-electron chi connectivity index (χ4n) is 3.68. The number of aromatic nitrogens is 2. The molecular formula is C15H17N3O. The predicted molar refractivity (Wildman–Crippen MR) is 74.4 cm³/mol. The molecule has 0 saturated carbocycles. The van der Waals surface area contributed by atoms with Crippen molar-refractivity contribution in [2.24, 2.45) is 0 Å². The molecule has 1 saturated heterocycles. The quantitative estimate of drug-likeness (QED) is 0.717. The van der Waals surface area contributed by atoms with Crippen molar-refractivity contribution < 1.29 is 0 Å². The second kappa shape index (κ2) is 3.90. The molecule has 2 atom stereocenters. The zero-order valence-corrected chi connectivity index (χ0v) is 11.0. The highest BCUT2D eigenvalue weighted by atomic mass is 16.1. The number of fused-ring (bicyclic) bond motifs is 4. The van der Waals surface area contributed by atoms with E-state index < -0.39 is 0 Å². The number of likely N-dealkylation sites (tertiary alicyclic amines) is 1. The molecular weight excluding hydrogens is 238 g/mol. The van der Waals surface area contributed by atoms with Crippen molar-refractivity contribution in [3.05, 3.63) is 40.4 Å². The monoisotopic (exact) mass is 255 g/mol. The minimum atomic E-state index is 0.133. The molecule has 1 aromatic carbocycles. The SMILES string of the molecule is CN1CC[C@H]2c3nc4ccccc4c(=O)n3CC[C@H]21. The number of hydrogen-bond acceptors (Lipinski definition) is 3. The highest BCUT2D eigenvalue weighted by Gasteiger charge is 2.38. The van der Waals surface area contributed by atoms with Gasteiger partial charge in [-0.25, -0.2) is 4.98 Å². The third-order valence-electron chi connectivity index (χ3n) is 4.69. The van der Waals surface area contributed by atoms with Gasteiger partial charge >= 0.3 is 0 Å². The summed E-state index contributed by atoms with van der Waals surface area (Å²) in [5.41, 5.74) is 0.975. The topological polar surface area (TPSA) is 38.1 Å². The number of rotatable bonds is 0. The first kappa shape index (κ1) is 11.2. The van der Waals surface area contributed by atoms with Crippen LogP contribution in [0.1, 0.15) is 24.6 Å². The second-order valence-electron chi connectivity index (χ2n) is 5.68. The highest BCUT2D eigenvalue weighted by Crippen LogP contribution is 2.36. The lowest BCUT2D eigenvalue weighted by molar-refractivity contribution is 0.246. The van der Waals surface area contributed by atoms with Crippen molar-refractivity contribution in [3.8, 4) is 0 Å². The van der Waals surface area contributed by atoms with Crippen LogP contribution in [0.4, 0.5) is 0 Å². The summed E-state index contributed by atoms with van der Waals surface area (Å²) in [6.07, 6.45) is 2.18. The molecule has 0 bridgehead atoms. The van der Waals surface area contributed by atoms with E-state index in [1.807, 2.05) is 28.8 Å². The minimum absolute atomic E-state index is 0.133. The number of nitrogens with zero attached hydrogens (tertiary/aromatic N) is 3. The summed E-state index contributed by atoms with van der Waals surface area (Å²) < 4.78 is 1.91. The summed E-state index contributed by atoms with van der Waals surface area (Å²) >= 11 is 0. The summed E-state index contributed by atoms with van der Waals surface area (Å²) in [4.78, 5) is 19.8. The summed E-state index contributed by atoms with van der Waals surface area (Å²) in [5, 5.41) is 0.746. The number of benzene rings is 1. The molecule has 0 N–H and O–H groups in total. The molecule has 4 rings (SSSR count). The lowest BCUT2D eigenvalue weighted by Gasteiger charge is -2.31. The molecule has 2 aliphatic rings. The maximum absolute atomic E-state index is 12.6. The van der Waals surface area contributed by atoms with Gasteiger partial charge in [-0.2, -0.15) is 0 Å². The summed E-state index contributed by atoms with van der Waals surface area (Å²) in [6, 6.07) is 8.25. The molecule has 19 heavy (non-hydrogen) atoms. The summed E-state index contributed by atoms with van der Waals surface area (Å²) in [6.45, 7) is 1.91. The van der Waals surface area contributed by atoms with E-state index in [1.54, 1.807) is 0 Å². The van der Waals surface area contributed by atoms with E-state index in [0.717, 1.165) is 42.7 Å². The Kier molecular flexibility index (Phi) is 2.30. The third-order valence-corrected chi connectivity index (χ3v) is 4.69. The van der Waals surface area contributed by atoms with Crippen LogP contribution in [0.25, 0.3) is 10.9 Å². The zero-order chi connectivity index (χ0) is 13.0. The van der Waals surface area contributed by atoms with E-state index in [0.29, 0.717) is 12.0 Å². The first-order valence-electron chi connectivity index (χ1n) is 6.95. The van der Waals surface area contributed by atoms with E-state index in [-0.39, 0.29) is 5.56 Å². The Bertz CT molecular complexity index is 706. The Labute approximate surface area is 111 Å². The van der Waals surface area contributed by atoms with E-state index >= 15 is 0 Å². The van der Waals surface area contributed by atoms with Gasteiger partial charge in [-0.15, -0.1) is 0 Å². The van der Waals surface area contributed by atoms with Crippen LogP contribution in [-0.4, -0.2) is 34.1 Å². The van der Waals surface area contributed by atoms with Gasteiger partial charge in [-0.1, -0.05) is 12.1 Å². The van der Waals surface area contributed by atoms with Gasteiger partial charge in [0, 0.05) is 18.5 Å². The van der Waals surface area contributed by atoms with Crippen molar-refractivity contribution >= 4 is 10.9 Å². The summed E-state index contributed by atoms with van der Waals surface area (Å²) in [7, 11) is 2.18. The Morgan fingerprint density at radius 3 is 2.95 bits per heavy atom. The molecule has 0 radical (unpaired) electrons. The molecule has 0 unspecified atom stereocenters. The average Bonchev–Trinajstić information content (AvgIpc) is 2.81. The van der Waals surface area contributed by atoms with Gasteiger partial charge in [0.2, 0.25) is 0 Å². The molecule has 1 aromatic heterocycles. The standard InChI is InChI=1S/C15H17N3O/c1-17-8-6-11-13(17)7-9-18-14(11)16-12-5-3-2-4-10(12)15(18)19/h2-5,11,13H,6-9H2,1H3/t11-,13-/m1/s1. The molecule has 0 spiro atoms. The molecule has 1 fully saturated rings. The van der Waals surface area contributed by atoms with Crippen molar-refractivity contribution in [2.45, 2.75) is 31.3 Å². The van der Waals surface area contributed by atoms with Gasteiger partial charge in [-0.3, -0.25) is 9.36 Å². The third kappa shape index (κ3) is 1.49. The Balaban J connectivity index is 1.98. The lowest BCUT2D eigenvalue weighted by atomic mass is 9.93. The van der Waals surface area contributed by atoms with Crippen LogP contribution in [0.15, 0.2) is 29.1 Å². The zero-order valence-electron chi connectivity index (χ0n) is 11.0. The number of hydrogen-bond donors (Lipinski definition) is 0. The van der Waals surface area contributed by atoms with E-state index in [2.05, 4.69) is 11.9 Å². The smallest absolute Gasteiger partial charge is 0.261 e. The van der Waals surface area contributed by atoms with Gasteiger partial charge in [0.25, 0.3) is 5.56 Å². The normalized spacial score (nSPS) is 26.4. The molecule has 0 amide bonds. The molecule has 3 heterocycles. The number of likely N-dealkylation sites (N-methyl/N-ethyl adjacent to an activating group) is 1. The van der Waals surface area contributed by atoms with Gasteiger partial charge in [0.1, 0.15) is 5.82 Å². The van der Waals surface area contributed by atoms with Crippen LogP contribution in [-0.2, 0) is 6.54 Å². The van der Waals surface area contributed by atoms with Crippen LogP contribution in [0.3, 0.4) is 0 Å². The van der Waals surface area contributed by atoms with Gasteiger partial charge in [0.15, 0.2) is 0 Å². The molecule has 4 heteroatoms. The predicted octanol–water partition coefficient (Wildman–Crippen LogP) is 1.59. The summed E-state index contributed by atoms with van der Waals surface area (Å²) in [5.74, 6) is 1.43. The van der Waals surface area contributed by atoms with Crippen LogP contribution < -0.4 is 5.56 Å². The van der Waals surface area contributed by atoms with Crippen LogP contribution in [0, 0.1) is 0 Å². The first-order valence-corrected chi connectivity index (χ1v) is 6.95. The maximum atomic E-state index is 12.6. The largest absolute Gasteiger partial charge is 0.303 e. The fraction of sp³-hybridized carbons (Fsp3) is 0.467. The van der Waals surface area contributed by atoms with Gasteiger partial charge < -0.3 is 4.90 Å².